The molecule has 7 heteroatoms. The Balaban J connectivity index is 2.33. The number of aromatic carboxylic acids is 1. The Morgan fingerprint density at radius 1 is 1.20 bits per heavy atom. The third-order valence-electron chi connectivity index (χ3n) is 2.85. The molecule has 3 aromatic rings. The van der Waals surface area contributed by atoms with Crippen LogP contribution in [0.15, 0.2) is 36.4 Å². The minimum Gasteiger partial charge on any atom is -0.478 e. The van der Waals surface area contributed by atoms with Crippen molar-refractivity contribution in [3.8, 4) is 5.69 Å². The van der Waals surface area contributed by atoms with Crippen LogP contribution in [0.3, 0.4) is 0 Å². The Morgan fingerprint density at radius 2 is 1.85 bits per heavy atom. The minimum absolute atomic E-state index is 0.0240. The molecule has 0 bridgehead atoms. The lowest BCUT2D eigenvalue weighted by molar-refractivity contribution is 0.0699. The second-order valence-electron chi connectivity index (χ2n) is 4.15. The number of halogens is 1. The lowest BCUT2D eigenvalue weighted by atomic mass is 10.1. The summed E-state index contributed by atoms with van der Waals surface area (Å²) in [7, 11) is 0. The summed E-state index contributed by atoms with van der Waals surface area (Å²) in [6.45, 7) is 0. The van der Waals surface area contributed by atoms with Gasteiger partial charge in [0.25, 0.3) is 0 Å². The number of hydrogen-bond acceptors (Lipinski definition) is 4. The highest BCUT2D eigenvalue weighted by atomic mass is 35.5. The summed E-state index contributed by atoms with van der Waals surface area (Å²) in [5.41, 5.74) is 7.02. The van der Waals surface area contributed by atoms with Gasteiger partial charge < -0.3 is 10.8 Å². The molecular formula is C13H9ClN4O2. The van der Waals surface area contributed by atoms with Crippen LogP contribution in [0.25, 0.3) is 16.7 Å². The van der Waals surface area contributed by atoms with Crippen LogP contribution in [0, 0.1) is 0 Å². The third-order valence-corrected chi connectivity index (χ3v) is 3.24. The Labute approximate surface area is 118 Å². The number of anilines is 1. The summed E-state index contributed by atoms with van der Waals surface area (Å²) in [6, 6.07) is 10.4. The standard InChI is InChI=1S/C13H9ClN4O2/c14-10-9(15)6-8(13(19)20)11-12(10)17-18(16-11)7-4-2-1-3-5-7/h1-6H,15H2,(H,19,20). The van der Waals surface area contributed by atoms with Crippen molar-refractivity contribution in [3.05, 3.63) is 47.0 Å². The van der Waals surface area contributed by atoms with Crippen LogP contribution in [-0.4, -0.2) is 26.1 Å². The van der Waals surface area contributed by atoms with Crippen molar-refractivity contribution in [2.24, 2.45) is 0 Å². The number of carboxylic acid groups (broad SMARTS) is 1. The summed E-state index contributed by atoms with van der Waals surface area (Å²) in [6.07, 6.45) is 0. The molecule has 6 nitrogen and oxygen atoms in total. The van der Waals surface area contributed by atoms with Crippen molar-refractivity contribution in [2.45, 2.75) is 0 Å². The van der Waals surface area contributed by atoms with E-state index < -0.39 is 5.97 Å². The van der Waals surface area contributed by atoms with Crippen molar-refractivity contribution < 1.29 is 9.90 Å². The number of nitrogen functional groups attached to an aromatic ring is 1. The largest absolute Gasteiger partial charge is 0.478 e. The number of rotatable bonds is 2. The summed E-state index contributed by atoms with van der Waals surface area (Å²) in [5, 5.41) is 17.8. The van der Waals surface area contributed by atoms with E-state index in [2.05, 4.69) is 10.2 Å². The highest BCUT2D eigenvalue weighted by Gasteiger charge is 2.19. The van der Waals surface area contributed by atoms with Crippen LogP contribution in [0.4, 0.5) is 5.69 Å². The van der Waals surface area contributed by atoms with E-state index in [9.17, 15) is 9.90 Å². The normalized spacial score (nSPS) is 10.8. The van der Waals surface area contributed by atoms with E-state index in [1.165, 1.54) is 10.9 Å². The number of benzene rings is 2. The van der Waals surface area contributed by atoms with Gasteiger partial charge >= 0.3 is 5.97 Å². The molecule has 2 aromatic carbocycles. The SMILES string of the molecule is Nc1cc(C(=O)O)c2nn(-c3ccccc3)nc2c1Cl. The second-order valence-corrected chi connectivity index (χ2v) is 4.53. The third kappa shape index (κ3) is 1.86. The zero-order valence-electron chi connectivity index (χ0n) is 10.1. The highest BCUT2D eigenvalue weighted by molar-refractivity contribution is 6.38. The molecule has 0 aliphatic heterocycles. The number of carbonyl (C=O) groups is 1. The number of nitrogens with two attached hydrogens (primary N) is 1. The maximum Gasteiger partial charge on any atom is 0.338 e. The Hall–Kier alpha value is -2.60. The fraction of sp³-hybridized carbons (Fsp3) is 0. The lowest BCUT2D eigenvalue weighted by Crippen LogP contribution is -2.01. The van der Waals surface area contributed by atoms with E-state index in [-0.39, 0.29) is 27.3 Å². The first-order chi connectivity index (χ1) is 9.58. The maximum absolute atomic E-state index is 11.2. The molecule has 0 spiro atoms. The van der Waals surface area contributed by atoms with Gasteiger partial charge in [-0.3, -0.25) is 0 Å². The predicted octanol–water partition coefficient (Wildman–Crippen LogP) is 2.35. The number of fused-ring (bicyclic) bond motifs is 1. The molecule has 0 radical (unpaired) electrons. The highest BCUT2D eigenvalue weighted by Crippen LogP contribution is 2.30. The van der Waals surface area contributed by atoms with Crippen molar-refractivity contribution in [1.29, 1.82) is 0 Å². The molecule has 1 aromatic heterocycles. The van der Waals surface area contributed by atoms with E-state index >= 15 is 0 Å². The smallest absolute Gasteiger partial charge is 0.338 e. The van der Waals surface area contributed by atoms with Gasteiger partial charge in [-0.25, -0.2) is 4.79 Å². The molecule has 0 unspecified atom stereocenters. The number of nitrogens with zero attached hydrogens (tertiary/aromatic N) is 3. The Morgan fingerprint density at radius 3 is 2.50 bits per heavy atom. The summed E-state index contributed by atoms with van der Waals surface area (Å²) < 4.78 is 0. The van der Waals surface area contributed by atoms with Crippen LogP contribution in [0.1, 0.15) is 10.4 Å². The van der Waals surface area contributed by atoms with E-state index in [1.54, 1.807) is 12.1 Å². The van der Waals surface area contributed by atoms with Gasteiger partial charge in [0.05, 0.1) is 22.0 Å². The molecule has 100 valence electrons. The number of para-hydroxylation sites is 1. The predicted molar refractivity (Wildman–Crippen MR) is 75.2 cm³/mol. The van der Waals surface area contributed by atoms with Crippen LogP contribution in [0.5, 0.6) is 0 Å². The first kappa shape index (κ1) is 12.4. The molecule has 1 heterocycles. The number of aromatic nitrogens is 3. The molecule has 3 rings (SSSR count). The van der Waals surface area contributed by atoms with Gasteiger partial charge in [0.15, 0.2) is 0 Å². The van der Waals surface area contributed by atoms with Crippen molar-refractivity contribution >= 4 is 34.3 Å². The van der Waals surface area contributed by atoms with Crippen molar-refractivity contribution in [1.82, 2.24) is 15.0 Å². The maximum atomic E-state index is 11.2. The molecule has 0 saturated carbocycles. The Kier molecular flexibility index (Phi) is 2.80. The van der Waals surface area contributed by atoms with Gasteiger partial charge in [0.1, 0.15) is 11.0 Å². The van der Waals surface area contributed by atoms with E-state index in [4.69, 9.17) is 17.3 Å². The molecule has 0 fully saturated rings. The van der Waals surface area contributed by atoms with Gasteiger partial charge in [-0.1, -0.05) is 29.8 Å². The van der Waals surface area contributed by atoms with Crippen LogP contribution in [-0.2, 0) is 0 Å². The number of hydrogen-bond donors (Lipinski definition) is 2. The van der Waals surface area contributed by atoms with Crippen molar-refractivity contribution in [2.75, 3.05) is 5.73 Å². The summed E-state index contributed by atoms with van der Waals surface area (Å²) in [4.78, 5) is 12.6. The quantitative estimate of drug-likeness (QED) is 0.706. The summed E-state index contributed by atoms with van der Waals surface area (Å²) in [5.74, 6) is -1.13. The van der Waals surface area contributed by atoms with Gasteiger partial charge in [0.2, 0.25) is 0 Å². The van der Waals surface area contributed by atoms with Crippen LogP contribution >= 0.6 is 11.6 Å². The molecule has 0 saturated heterocycles. The topological polar surface area (TPSA) is 94.0 Å². The Bertz CT molecular complexity index is 814. The average molecular weight is 289 g/mol. The van der Waals surface area contributed by atoms with Gasteiger partial charge in [-0.2, -0.15) is 4.80 Å². The van der Waals surface area contributed by atoms with Gasteiger partial charge in [0, 0.05) is 0 Å². The summed E-state index contributed by atoms with van der Waals surface area (Å²) >= 11 is 6.07. The van der Waals surface area contributed by atoms with Crippen LogP contribution in [0.2, 0.25) is 5.02 Å². The number of carboxylic acids is 1. The molecule has 20 heavy (non-hydrogen) atoms. The van der Waals surface area contributed by atoms with Gasteiger partial charge in [-0.15, -0.1) is 10.2 Å². The molecule has 0 atom stereocenters. The molecular weight excluding hydrogens is 280 g/mol. The first-order valence-electron chi connectivity index (χ1n) is 5.71. The lowest BCUT2D eigenvalue weighted by Gasteiger charge is -2.00. The molecule has 0 aliphatic carbocycles. The van der Waals surface area contributed by atoms with Crippen LogP contribution < -0.4 is 5.73 Å². The van der Waals surface area contributed by atoms with E-state index in [0.29, 0.717) is 5.69 Å². The first-order valence-corrected chi connectivity index (χ1v) is 6.09. The zero-order chi connectivity index (χ0) is 14.3. The second kappa shape index (κ2) is 4.50. The van der Waals surface area contributed by atoms with Gasteiger partial charge in [-0.05, 0) is 18.2 Å². The molecule has 3 N–H and O–H groups in total. The fourth-order valence-corrected chi connectivity index (χ4v) is 2.08. The van der Waals surface area contributed by atoms with E-state index in [0.717, 1.165) is 0 Å². The zero-order valence-corrected chi connectivity index (χ0v) is 10.9. The average Bonchev–Trinajstić information content (AvgIpc) is 2.89. The molecule has 0 amide bonds. The van der Waals surface area contributed by atoms with Crippen molar-refractivity contribution in [3.63, 3.8) is 0 Å². The monoisotopic (exact) mass is 288 g/mol. The minimum atomic E-state index is -1.13. The molecule has 0 aliphatic rings. The fourth-order valence-electron chi connectivity index (χ4n) is 1.90. The van der Waals surface area contributed by atoms with E-state index in [1.807, 2.05) is 18.2 Å².